The van der Waals surface area contributed by atoms with E-state index in [4.69, 9.17) is 15.6 Å². The summed E-state index contributed by atoms with van der Waals surface area (Å²) in [5.41, 5.74) is 6.37. The van der Waals surface area contributed by atoms with Crippen molar-refractivity contribution in [2.75, 3.05) is 5.88 Å². The monoisotopic (exact) mass is 459 g/mol. The van der Waals surface area contributed by atoms with Crippen molar-refractivity contribution in [2.24, 2.45) is 5.73 Å². The van der Waals surface area contributed by atoms with Crippen LogP contribution >= 0.6 is 11.8 Å². The number of aldehydes is 1. The van der Waals surface area contributed by atoms with Gasteiger partial charge in [-0.3, -0.25) is 29.8 Å². The second kappa shape index (κ2) is 10.4. The Morgan fingerprint density at radius 1 is 1.28 bits per heavy atom. The minimum absolute atomic E-state index is 0.0492. The summed E-state index contributed by atoms with van der Waals surface area (Å²) in [7, 11) is 0. The van der Waals surface area contributed by atoms with Gasteiger partial charge in [0.1, 0.15) is 17.5 Å². The Morgan fingerprint density at radius 2 is 1.97 bits per heavy atom. The Bertz CT molecular complexity index is 1030. The number of carboxylic acids is 1. The van der Waals surface area contributed by atoms with Gasteiger partial charge in [0, 0.05) is 23.1 Å². The van der Waals surface area contributed by atoms with Crippen LogP contribution in [0.15, 0.2) is 42.5 Å². The number of nitro benzene ring substituents is 1. The molecule has 2 aromatic rings. The summed E-state index contributed by atoms with van der Waals surface area (Å²) in [6.45, 7) is 0. The maximum Gasteiger partial charge on any atom is 0.320 e. The van der Waals surface area contributed by atoms with E-state index in [1.54, 1.807) is 23.9 Å². The fourth-order valence-corrected chi connectivity index (χ4v) is 4.57. The van der Waals surface area contributed by atoms with Crippen LogP contribution in [0.1, 0.15) is 11.1 Å². The number of rotatable bonds is 10. The quantitative estimate of drug-likeness (QED) is 0.206. The molecule has 11 heteroatoms. The van der Waals surface area contributed by atoms with Crippen LogP contribution in [0.25, 0.3) is 0 Å². The number of nitrogens with two attached hydrogens (primary N) is 1. The highest BCUT2D eigenvalue weighted by Gasteiger charge is 2.32. The van der Waals surface area contributed by atoms with Crippen molar-refractivity contribution < 1.29 is 29.2 Å². The number of hydrogen-bond acceptors (Lipinski definition) is 9. The van der Waals surface area contributed by atoms with Gasteiger partial charge in [-0.25, -0.2) is 0 Å². The van der Waals surface area contributed by atoms with E-state index >= 15 is 0 Å². The average molecular weight is 459 g/mol. The number of benzene rings is 2. The number of Topliss-reactive ketones (excluding diaryl/α,β-unsaturated/α-hetero) is 1. The maximum atomic E-state index is 11.7. The largest absolute Gasteiger partial charge is 0.480 e. The number of nitro groups is 1. The summed E-state index contributed by atoms with van der Waals surface area (Å²) >= 11 is 1.58. The molecule has 0 aliphatic carbocycles. The van der Waals surface area contributed by atoms with Crippen LogP contribution in [0.3, 0.4) is 0 Å². The van der Waals surface area contributed by atoms with E-state index in [1.165, 1.54) is 18.2 Å². The first-order chi connectivity index (χ1) is 15.3. The van der Waals surface area contributed by atoms with Gasteiger partial charge in [0.25, 0.3) is 5.69 Å². The van der Waals surface area contributed by atoms with Crippen LogP contribution in [0.4, 0.5) is 5.69 Å². The number of aliphatic carboxylic acids is 1. The Morgan fingerprint density at radius 3 is 2.59 bits per heavy atom. The van der Waals surface area contributed by atoms with E-state index in [0.29, 0.717) is 24.3 Å². The summed E-state index contributed by atoms with van der Waals surface area (Å²) in [6, 6.07) is 9.49. The molecule has 1 aliphatic rings. The van der Waals surface area contributed by atoms with Crippen molar-refractivity contribution >= 4 is 35.5 Å². The van der Waals surface area contributed by atoms with Gasteiger partial charge in [0.05, 0.1) is 17.0 Å². The first-order valence-electron chi connectivity index (χ1n) is 9.65. The third-order valence-corrected chi connectivity index (χ3v) is 6.20. The number of thioether (sulfide) groups is 1. The van der Waals surface area contributed by atoms with Gasteiger partial charge in [0.15, 0.2) is 6.29 Å². The number of carbonyl (C=O) groups excluding carboxylic acids is 2. The number of carboxylic acid groups (broad SMARTS) is 1. The Balaban J connectivity index is 1.69. The number of nitrogens with zero attached hydrogens (tertiary/aromatic N) is 1. The fourth-order valence-electron chi connectivity index (χ4n) is 3.34. The normalized spacial score (nSPS) is 18.7. The number of ether oxygens (including phenoxy) is 1. The van der Waals surface area contributed by atoms with Crippen LogP contribution in [0.2, 0.25) is 0 Å². The van der Waals surface area contributed by atoms with Gasteiger partial charge in [-0.1, -0.05) is 12.1 Å². The van der Waals surface area contributed by atoms with Crippen molar-refractivity contribution in [3.63, 3.8) is 0 Å². The van der Waals surface area contributed by atoms with Crippen molar-refractivity contribution in [3.05, 3.63) is 63.7 Å². The van der Waals surface area contributed by atoms with Crippen LogP contribution < -0.4 is 15.8 Å². The molecule has 1 heterocycles. The molecule has 10 nitrogen and oxygen atoms in total. The number of nitrogens with one attached hydrogen (secondary N) is 1. The van der Waals surface area contributed by atoms with Gasteiger partial charge in [-0.15, -0.1) is 11.8 Å². The standard InChI is InChI=1S/C21H21N3O7S/c22-16(21(27)28)8-13-3-6-15(9-17(13)24(29)30)31-14-4-1-12(2-5-14)7-19-20(18(26)10-25)23-11-32-19/h1-6,9-10,16,19-20,23H,7-8,11,22H2,(H,27,28). The summed E-state index contributed by atoms with van der Waals surface area (Å²) in [6.07, 6.45) is 0.752. The van der Waals surface area contributed by atoms with Gasteiger partial charge < -0.3 is 15.6 Å². The lowest BCUT2D eigenvalue weighted by molar-refractivity contribution is -0.385. The Kier molecular flexibility index (Phi) is 7.57. The lowest BCUT2D eigenvalue weighted by atomic mass is 10.0. The first-order valence-corrected chi connectivity index (χ1v) is 10.7. The molecule has 0 saturated carbocycles. The highest BCUT2D eigenvalue weighted by atomic mass is 32.2. The van der Waals surface area contributed by atoms with Crippen molar-refractivity contribution in [1.29, 1.82) is 0 Å². The highest BCUT2D eigenvalue weighted by Crippen LogP contribution is 2.30. The summed E-state index contributed by atoms with van der Waals surface area (Å²) in [5, 5.41) is 23.3. The van der Waals surface area contributed by atoms with Crippen LogP contribution in [-0.2, 0) is 27.2 Å². The highest BCUT2D eigenvalue weighted by molar-refractivity contribution is 8.00. The minimum Gasteiger partial charge on any atom is -0.480 e. The zero-order chi connectivity index (χ0) is 23.3. The van der Waals surface area contributed by atoms with Crippen LogP contribution in [0, 0.1) is 10.1 Å². The third kappa shape index (κ3) is 5.69. The number of hydrogen-bond donors (Lipinski definition) is 3. The first kappa shape index (κ1) is 23.4. The molecule has 2 aromatic carbocycles. The van der Waals surface area contributed by atoms with E-state index in [0.717, 1.165) is 5.56 Å². The minimum atomic E-state index is -1.25. The zero-order valence-electron chi connectivity index (χ0n) is 16.8. The van der Waals surface area contributed by atoms with Crippen LogP contribution in [-0.4, -0.2) is 51.3 Å². The van der Waals surface area contributed by atoms with E-state index in [9.17, 15) is 24.5 Å². The predicted octanol–water partition coefficient (Wildman–Crippen LogP) is 1.68. The molecular formula is C21H21N3O7S. The van der Waals surface area contributed by atoms with E-state index < -0.39 is 28.8 Å². The molecule has 0 radical (unpaired) electrons. The average Bonchev–Trinajstić information content (AvgIpc) is 3.23. The molecular weight excluding hydrogens is 438 g/mol. The Labute approximate surface area is 187 Å². The van der Waals surface area contributed by atoms with Gasteiger partial charge in [0.2, 0.25) is 5.78 Å². The predicted molar refractivity (Wildman–Crippen MR) is 117 cm³/mol. The molecule has 0 spiro atoms. The lowest BCUT2D eigenvalue weighted by Crippen LogP contribution is -2.39. The third-order valence-electron chi connectivity index (χ3n) is 5.00. The summed E-state index contributed by atoms with van der Waals surface area (Å²) in [4.78, 5) is 44.2. The van der Waals surface area contributed by atoms with E-state index in [2.05, 4.69) is 5.32 Å². The Hall–Kier alpha value is -3.28. The van der Waals surface area contributed by atoms with Gasteiger partial charge in [-0.05, 0) is 36.2 Å². The smallest absolute Gasteiger partial charge is 0.320 e. The molecule has 1 fully saturated rings. The number of ketones is 1. The zero-order valence-corrected chi connectivity index (χ0v) is 17.6. The molecule has 3 unspecified atom stereocenters. The van der Waals surface area contributed by atoms with Gasteiger partial charge in [-0.2, -0.15) is 0 Å². The second-order valence-electron chi connectivity index (χ2n) is 7.20. The SMILES string of the molecule is NC(Cc1ccc(Oc2ccc(CC3SCNC3C(=O)C=O)cc2)cc1[N+](=O)[O-])C(=O)O. The summed E-state index contributed by atoms with van der Waals surface area (Å²) in [5.74, 6) is -0.426. The maximum absolute atomic E-state index is 11.7. The molecule has 4 N–H and O–H groups in total. The molecule has 1 saturated heterocycles. The lowest BCUT2D eigenvalue weighted by Gasteiger charge is -2.15. The number of carbonyl (C=O) groups is 3. The second-order valence-corrected chi connectivity index (χ2v) is 8.43. The molecule has 3 rings (SSSR count). The van der Waals surface area contributed by atoms with Crippen LogP contribution in [0.5, 0.6) is 11.5 Å². The van der Waals surface area contributed by atoms with Crippen molar-refractivity contribution in [1.82, 2.24) is 5.32 Å². The van der Waals surface area contributed by atoms with Crippen molar-refractivity contribution in [3.8, 4) is 11.5 Å². The molecule has 0 amide bonds. The summed E-state index contributed by atoms with van der Waals surface area (Å²) < 4.78 is 5.71. The van der Waals surface area contributed by atoms with E-state index in [1.807, 2.05) is 12.1 Å². The molecule has 32 heavy (non-hydrogen) atoms. The van der Waals surface area contributed by atoms with Crippen molar-refractivity contribution in [2.45, 2.75) is 30.2 Å². The molecule has 3 atom stereocenters. The topological polar surface area (TPSA) is 162 Å². The molecule has 0 bridgehead atoms. The molecule has 1 aliphatic heterocycles. The fraction of sp³-hybridized carbons (Fsp3) is 0.286. The van der Waals surface area contributed by atoms with Gasteiger partial charge >= 0.3 is 5.97 Å². The molecule has 0 aromatic heterocycles. The molecule has 168 valence electrons. The van der Waals surface area contributed by atoms with E-state index in [-0.39, 0.29) is 28.7 Å².